The van der Waals surface area contributed by atoms with Gasteiger partial charge in [0.05, 0.1) is 0 Å². The molecular formula is C14H28N4S. The van der Waals surface area contributed by atoms with Gasteiger partial charge in [-0.1, -0.05) is 6.42 Å². The Balaban J connectivity index is 1.77. The minimum atomic E-state index is 0.290. The van der Waals surface area contributed by atoms with E-state index in [1.165, 1.54) is 37.2 Å². The molecule has 2 rings (SSSR count). The maximum atomic E-state index is 4.34. The molecule has 0 aromatic carbocycles. The van der Waals surface area contributed by atoms with Crippen molar-refractivity contribution in [1.29, 1.82) is 0 Å². The van der Waals surface area contributed by atoms with E-state index in [2.05, 4.69) is 46.4 Å². The first-order valence-electron chi connectivity index (χ1n) is 7.36. The highest BCUT2D eigenvalue weighted by atomic mass is 32.2. The molecule has 2 aliphatic rings. The summed E-state index contributed by atoms with van der Waals surface area (Å²) in [5.74, 6) is 4.31. The molecule has 1 aliphatic carbocycles. The van der Waals surface area contributed by atoms with Crippen molar-refractivity contribution in [2.45, 2.75) is 31.2 Å². The molecule has 0 amide bonds. The van der Waals surface area contributed by atoms with Gasteiger partial charge in [-0.05, 0) is 45.0 Å². The van der Waals surface area contributed by atoms with Crippen molar-refractivity contribution in [3.63, 3.8) is 0 Å². The standard InChI is InChI=1S/C14H28N4S/c1-15-13(16-9-12-5-4-6-12)17-10-14(18(2)3)7-8-19-11-14/h12H,4-11H2,1-3H3,(H2,15,16,17). The van der Waals surface area contributed by atoms with Gasteiger partial charge in [0.25, 0.3) is 0 Å². The Morgan fingerprint density at radius 3 is 2.63 bits per heavy atom. The predicted molar refractivity (Wildman–Crippen MR) is 85.1 cm³/mol. The number of rotatable bonds is 5. The maximum absolute atomic E-state index is 4.34. The molecule has 2 N–H and O–H groups in total. The number of hydrogen-bond acceptors (Lipinski definition) is 3. The van der Waals surface area contributed by atoms with Gasteiger partial charge in [-0.25, -0.2) is 0 Å². The number of hydrogen-bond donors (Lipinski definition) is 2. The SMILES string of the molecule is CN=C(NCC1CCC1)NCC1(N(C)C)CCSC1. The molecule has 1 atom stereocenters. The van der Waals surface area contributed by atoms with Gasteiger partial charge in [0.15, 0.2) is 5.96 Å². The van der Waals surface area contributed by atoms with Crippen LogP contribution >= 0.6 is 11.8 Å². The molecule has 19 heavy (non-hydrogen) atoms. The second-order valence-electron chi connectivity index (χ2n) is 6.02. The zero-order valence-corrected chi connectivity index (χ0v) is 13.4. The number of guanidine groups is 1. The molecule has 110 valence electrons. The molecule has 0 radical (unpaired) electrons. The van der Waals surface area contributed by atoms with Crippen LogP contribution in [-0.4, -0.2) is 62.1 Å². The molecule has 1 saturated heterocycles. The summed E-state index contributed by atoms with van der Waals surface area (Å²) in [6.07, 6.45) is 5.42. The zero-order valence-electron chi connectivity index (χ0n) is 12.5. The molecule has 1 unspecified atom stereocenters. The molecular weight excluding hydrogens is 256 g/mol. The summed E-state index contributed by atoms with van der Waals surface area (Å²) in [7, 11) is 6.25. The predicted octanol–water partition coefficient (Wildman–Crippen LogP) is 1.39. The summed E-state index contributed by atoms with van der Waals surface area (Å²) in [5.41, 5.74) is 0.290. The van der Waals surface area contributed by atoms with E-state index in [9.17, 15) is 0 Å². The van der Waals surface area contributed by atoms with Crippen molar-refractivity contribution >= 4 is 17.7 Å². The minimum Gasteiger partial charge on any atom is -0.356 e. The Bertz CT molecular complexity index is 307. The highest BCUT2D eigenvalue weighted by Gasteiger charge is 2.36. The van der Waals surface area contributed by atoms with Crippen LogP contribution in [0.5, 0.6) is 0 Å². The van der Waals surface area contributed by atoms with Crippen LogP contribution in [-0.2, 0) is 0 Å². The third-order valence-corrected chi connectivity index (χ3v) is 5.86. The van der Waals surface area contributed by atoms with Crippen LogP contribution in [0.4, 0.5) is 0 Å². The van der Waals surface area contributed by atoms with Gasteiger partial charge in [-0.15, -0.1) is 0 Å². The average Bonchev–Trinajstić information content (AvgIpc) is 2.81. The summed E-state index contributed by atoms with van der Waals surface area (Å²) < 4.78 is 0. The molecule has 1 heterocycles. The number of nitrogens with zero attached hydrogens (tertiary/aromatic N) is 2. The van der Waals surface area contributed by atoms with Crippen LogP contribution in [0, 0.1) is 5.92 Å². The Morgan fingerprint density at radius 2 is 2.16 bits per heavy atom. The van der Waals surface area contributed by atoms with E-state index in [-0.39, 0.29) is 0 Å². The lowest BCUT2D eigenvalue weighted by molar-refractivity contribution is 0.182. The normalized spacial score (nSPS) is 28.5. The molecule has 0 bridgehead atoms. The van der Waals surface area contributed by atoms with Crippen molar-refractivity contribution in [1.82, 2.24) is 15.5 Å². The summed E-state index contributed by atoms with van der Waals surface area (Å²) in [6.45, 7) is 2.06. The van der Waals surface area contributed by atoms with Gasteiger partial charge in [0.1, 0.15) is 0 Å². The van der Waals surface area contributed by atoms with Gasteiger partial charge in [0.2, 0.25) is 0 Å². The quantitative estimate of drug-likeness (QED) is 0.591. The van der Waals surface area contributed by atoms with Crippen molar-refractivity contribution in [2.24, 2.45) is 10.9 Å². The first kappa shape index (κ1) is 15.0. The van der Waals surface area contributed by atoms with Gasteiger partial charge in [-0.2, -0.15) is 11.8 Å². The summed E-state index contributed by atoms with van der Waals surface area (Å²) in [4.78, 5) is 6.71. The van der Waals surface area contributed by atoms with E-state index in [0.29, 0.717) is 5.54 Å². The maximum Gasteiger partial charge on any atom is 0.191 e. The first-order chi connectivity index (χ1) is 9.16. The monoisotopic (exact) mass is 284 g/mol. The minimum absolute atomic E-state index is 0.290. The van der Waals surface area contributed by atoms with E-state index in [1.54, 1.807) is 0 Å². The lowest BCUT2D eigenvalue weighted by atomic mass is 9.85. The Labute approximate surface area is 121 Å². The molecule has 0 spiro atoms. The Morgan fingerprint density at radius 1 is 1.37 bits per heavy atom. The van der Waals surface area contributed by atoms with Crippen molar-refractivity contribution in [2.75, 3.05) is 45.7 Å². The summed E-state index contributed by atoms with van der Waals surface area (Å²) in [6, 6.07) is 0. The number of aliphatic imine (C=N–C) groups is 1. The van der Waals surface area contributed by atoms with Crippen molar-refractivity contribution in [3.05, 3.63) is 0 Å². The van der Waals surface area contributed by atoms with E-state index < -0.39 is 0 Å². The number of likely N-dealkylation sites (N-methyl/N-ethyl adjacent to an activating group) is 1. The fourth-order valence-corrected chi connectivity index (χ4v) is 4.21. The highest BCUT2D eigenvalue weighted by Crippen LogP contribution is 2.31. The fraction of sp³-hybridized carbons (Fsp3) is 0.929. The molecule has 2 fully saturated rings. The lowest BCUT2D eigenvalue weighted by Gasteiger charge is -2.36. The van der Waals surface area contributed by atoms with Crippen molar-refractivity contribution in [3.8, 4) is 0 Å². The molecule has 0 aromatic heterocycles. The highest BCUT2D eigenvalue weighted by molar-refractivity contribution is 7.99. The van der Waals surface area contributed by atoms with Gasteiger partial charge < -0.3 is 15.5 Å². The number of thioether (sulfide) groups is 1. The second-order valence-corrected chi connectivity index (χ2v) is 7.13. The van der Waals surface area contributed by atoms with Gasteiger partial charge in [-0.3, -0.25) is 4.99 Å². The van der Waals surface area contributed by atoms with Crippen LogP contribution in [0.3, 0.4) is 0 Å². The largest absolute Gasteiger partial charge is 0.356 e. The van der Waals surface area contributed by atoms with E-state index in [0.717, 1.165) is 25.0 Å². The van der Waals surface area contributed by atoms with Crippen LogP contribution in [0.1, 0.15) is 25.7 Å². The molecule has 1 aliphatic heterocycles. The Kier molecular flexibility index (Phi) is 5.39. The molecule has 4 nitrogen and oxygen atoms in total. The summed E-state index contributed by atoms with van der Waals surface area (Å²) >= 11 is 2.06. The topological polar surface area (TPSA) is 39.7 Å². The van der Waals surface area contributed by atoms with Gasteiger partial charge >= 0.3 is 0 Å². The van der Waals surface area contributed by atoms with Crippen LogP contribution in [0.25, 0.3) is 0 Å². The lowest BCUT2D eigenvalue weighted by Crippen LogP contribution is -2.55. The van der Waals surface area contributed by atoms with Crippen LogP contribution in [0.15, 0.2) is 4.99 Å². The smallest absolute Gasteiger partial charge is 0.191 e. The van der Waals surface area contributed by atoms with E-state index >= 15 is 0 Å². The van der Waals surface area contributed by atoms with Crippen molar-refractivity contribution < 1.29 is 0 Å². The number of nitrogens with one attached hydrogen (secondary N) is 2. The van der Waals surface area contributed by atoms with Crippen LogP contribution in [0.2, 0.25) is 0 Å². The third kappa shape index (κ3) is 3.78. The zero-order chi connectivity index (χ0) is 13.7. The Hall–Kier alpha value is -0.420. The first-order valence-corrected chi connectivity index (χ1v) is 8.51. The van der Waals surface area contributed by atoms with Crippen LogP contribution < -0.4 is 10.6 Å². The fourth-order valence-electron chi connectivity index (χ4n) is 2.65. The third-order valence-electron chi connectivity index (χ3n) is 4.62. The van der Waals surface area contributed by atoms with Gasteiger partial charge in [0, 0.05) is 31.4 Å². The molecule has 1 saturated carbocycles. The summed E-state index contributed by atoms with van der Waals surface area (Å²) in [5, 5.41) is 6.99. The molecule has 0 aromatic rings. The average molecular weight is 284 g/mol. The second kappa shape index (κ2) is 6.84. The van der Waals surface area contributed by atoms with E-state index in [4.69, 9.17) is 0 Å². The van der Waals surface area contributed by atoms with E-state index in [1.807, 2.05) is 7.05 Å². The molecule has 5 heteroatoms.